The number of hydrogen-bond acceptors (Lipinski definition) is 7. The van der Waals surface area contributed by atoms with Gasteiger partial charge in [0.1, 0.15) is 0 Å². The van der Waals surface area contributed by atoms with E-state index in [1.807, 2.05) is 11.4 Å². The number of nitriles is 1. The molecule has 0 spiro atoms. The number of Topliss-reactive ketones (excluding diaryl/α,β-unsaturated/α-hetero) is 1. The molecule has 3 aromatic rings. The van der Waals surface area contributed by atoms with Gasteiger partial charge in [-0.1, -0.05) is 63.6 Å². The van der Waals surface area contributed by atoms with Gasteiger partial charge in [-0.3, -0.25) is 9.59 Å². The monoisotopic (exact) mass is 655 g/mol. The SMILES string of the molecule is N#CC1=C(SCC(=O)Nc2ccc(Br)cc2)N[C@](O)(C(F)(F)F)[C@H](C(=O)c2cccs2)[C@H]1c1ccccc1Cl. The number of anilines is 1. The van der Waals surface area contributed by atoms with Crippen molar-refractivity contribution in [3.63, 3.8) is 0 Å². The van der Waals surface area contributed by atoms with E-state index in [2.05, 4.69) is 21.2 Å². The van der Waals surface area contributed by atoms with E-state index in [0.717, 1.165) is 15.8 Å². The van der Waals surface area contributed by atoms with E-state index in [0.29, 0.717) is 17.4 Å². The topological polar surface area (TPSA) is 102 Å². The highest BCUT2D eigenvalue weighted by Gasteiger charge is 2.66. The van der Waals surface area contributed by atoms with Crippen LogP contribution in [0.25, 0.3) is 0 Å². The van der Waals surface area contributed by atoms with Crippen LogP contribution in [0, 0.1) is 17.2 Å². The van der Waals surface area contributed by atoms with Crippen LogP contribution in [0.2, 0.25) is 5.02 Å². The molecule has 2 heterocycles. The maximum atomic E-state index is 14.6. The highest BCUT2D eigenvalue weighted by molar-refractivity contribution is 9.10. The average molecular weight is 657 g/mol. The molecule has 13 heteroatoms. The van der Waals surface area contributed by atoms with Gasteiger partial charge < -0.3 is 15.7 Å². The number of amides is 1. The second kappa shape index (κ2) is 11.7. The van der Waals surface area contributed by atoms with Crippen molar-refractivity contribution < 1.29 is 27.9 Å². The molecule has 202 valence electrons. The lowest BCUT2D eigenvalue weighted by Crippen LogP contribution is -2.66. The molecule has 1 aromatic heterocycles. The fourth-order valence-electron chi connectivity index (χ4n) is 4.19. The number of thioether (sulfide) groups is 1. The molecular weight excluding hydrogens is 639 g/mol. The molecule has 2 aromatic carbocycles. The number of alkyl halides is 3. The van der Waals surface area contributed by atoms with E-state index in [1.165, 1.54) is 35.7 Å². The summed E-state index contributed by atoms with van der Waals surface area (Å²) >= 11 is 11.2. The Balaban J connectivity index is 1.79. The Labute approximate surface area is 243 Å². The number of ketones is 1. The molecule has 0 unspecified atom stereocenters. The van der Waals surface area contributed by atoms with Crippen molar-refractivity contribution in [2.45, 2.75) is 17.8 Å². The van der Waals surface area contributed by atoms with Gasteiger partial charge in [0.15, 0.2) is 5.78 Å². The lowest BCUT2D eigenvalue weighted by atomic mass is 9.70. The number of rotatable bonds is 7. The highest BCUT2D eigenvalue weighted by atomic mass is 79.9. The smallest absolute Gasteiger partial charge is 0.363 e. The van der Waals surface area contributed by atoms with Crippen molar-refractivity contribution in [1.82, 2.24) is 5.32 Å². The van der Waals surface area contributed by atoms with Gasteiger partial charge in [0, 0.05) is 21.1 Å². The van der Waals surface area contributed by atoms with Crippen LogP contribution in [0.3, 0.4) is 0 Å². The molecule has 3 N–H and O–H groups in total. The van der Waals surface area contributed by atoms with Crippen molar-refractivity contribution in [3.8, 4) is 6.07 Å². The molecule has 0 saturated heterocycles. The first kappa shape index (κ1) is 29.2. The van der Waals surface area contributed by atoms with Crippen molar-refractivity contribution in [2.24, 2.45) is 5.92 Å². The molecule has 0 fully saturated rings. The summed E-state index contributed by atoms with van der Waals surface area (Å²) in [4.78, 5) is 26.1. The Morgan fingerprint density at radius 3 is 2.46 bits per heavy atom. The van der Waals surface area contributed by atoms with Crippen LogP contribution in [0.15, 0.2) is 81.1 Å². The summed E-state index contributed by atoms with van der Waals surface area (Å²) in [5.41, 5.74) is -3.51. The van der Waals surface area contributed by atoms with Gasteiger partial charge in [0.05, 0.1) is 33.2 Å². The minimum atomic E-state index is -5.35. The number of nitrogens with one attached hydrogen (secondary N) is 2. The minimum absolute atomic E-state index is 0.0167. The van der Waals surface area contributed by atoms with Crippen LogP contribution < -0.4 is 10.6 Å². The van der Waals surface area contributed by atoms with Gasteiger partial charge in [-0.2, -0.15) is 18.4 Å². The molecule has 4 rings (SSSR count). The molecule has 1 aliphatic heterocycles. The van der Waals surface area contributed by atoms with E-state index in [9.17, 15) is 33.1 Å². The van der Waals surface area contributed by atoms with Crippen molar-refractivity contribution >= 4 is 68.0 Å². The fraction of sp³-hybridized carbons (Fsp3) is 0.192. The number of nitrogens with zero attached hydrogens (tertiary/aromatic N) is 1. The molecular formula is C26H18BrClF3N3O3S2. The summed E-state index contributed by atoms with van der Waals surface area (Å²) in [6.45, 7) is 0. The Morgan fingerprint density at radius 1 is 1.18 bits per heavy atom. The van der Waals surface area contributed by atoms with Crippen molar-refractivity contribution in [1.29, 1.82) is 5.26 Å². The summed E-state index contributed by atoms with van der Waals surface area (Å²) in [5, 5.41) is 27.1. The zero-order valence-corrected chi connectivity index (χ0v) is 23.6. The van der Waals surface area contributed by atoms with Gasteiger partial charge in [-0.15, -0.1) is 11.3 Å². The Bertz CT molecular complexity index is 1460. The van der Waals surface area contributed by atoms with Crippen LogP contribution in [-0.2, 0) is 4.79 Å². The average Bonchev–Trinajstić information content (AvgIpc) is 3.43. The molecule has 0 radical (unpaired) electrons. The lowest BCUT2D eigenvalue weighted by molar-refractivity contribution is -0.285. The van der Waals surface area contributed by atoms with Gasteiger partial charge in [-0.25, -0.2) is 0 Å². The highest BCUT2D eigenvalue weighted by Crippen LogP contribution is 2.52. The molecule has 39 heavy (non-hydrogen) atoms. The second-order valence-electron chi connectivity index (χ2n) is 8.41. The molecule has 6 nitrogen and oxygen atoms in total. The van der Waals surface area contributed by atoms with Crippen LogP contribution in [-0.4, -0.2) is 34.5 Å². The normalized spacial score (nSPS) is 21.2. The van der Waals surface area contributed by atoms with Gasteiger partial charge in [-0.05, 0) is 47.3 Å². The number of carbonyl (C=O) groups is 2. The van der Waals surface area contributed by atoms with Crippen LogP contribution in [0.5, 0.6) is 0 Å². The van der Waals surface area contributed by atoms with E-state index in [1.54, 1.807) is 30.3 Å². The minimum Gasteiger partial charge on any atom is -0.363 e. The molecule has 0 bridgehead atoms. The Hall–Kier alpha value is -2.82. The predicted molar refractivity (Wildman–Crippen MR) is 148 cm³/mol. The summed E-state index contributed by atoms with van der Waals surface area (Å²) in [6.07, 6.45) is -5.35. The number of carbonyl (C=O) groups excluding carboxylic acids is 2. The van der Waals surface area contributed by atoms with Crippen LogP contribution >= 0.6 is 50.6 Å². The fourth-order valence-corrected chi connectivity index (χ4v) is 6.32. The van der Waals surface area contributed by atoms with Crippen LogP contribution in [0.1, 0.15) is 21.2 Å². The predicted octanol–water partition coefficient (Wildman–Crippen LogP) is 6.71. The number of halogens is 5. The van der Waals surface area contributed by atoms with Gasteiger partial charge >= 0.3 is 6.18 Å². The van der Waals surface area contributed by atoms with Crippen molar-refractivity contribution in [2.75, 3.05) is 11.1 Å². The van der Waals surface area contributed by atoms with E-state index in [-0.39, 0.29) is 26.1 Å². The number of benzene rings is 2. The third kappa shape index (κ3) is 6.02. The molecule has 1 aliphatic rings. The van der Waals surface area contributed by atoms with Crippen molar-refractivity contribution in [3.05, 3.63) is 96.6 Å². The van der Waals surface area contributed by atoms with E-state index < -0.39 is 41.2 Å². The number of hydrogen-bond donors (Lipinski definition) is 3. The summed E-state index contributed by atoms with van der Waals surface area (Å²) in [7, 11) is 0. The molecule has 1 amide bonds. The van der Waals surface area contributed by atoms with E-state index in [4.69, 9.17) is 11.6 Å². The number of allylic oxidation sites excluding steroid dienone is 1. The largest absolute Gasteiger partial charge is 0.437 e. The Kier molecular flexibility index (Phi) is 8.78. The third-order valence-electron chi connectivity index (χ3n) is 5.96. The summed E-state index contributed by atoms with van der Waals surface area (Å²) < 4.78 is 44.6. The third-order valence-corrected chi connectivity index (χ3v) is 8.73. The number of aliphatic hydroxyl groups is 1. The molecule has 0 saturated carbocycles. The second-order valence-corrected chi connectivity index (χ2v) is 11.7. The first-order chi connectivity index (χ1) is 18.5. The quantitative estimate of drug-likeness (QED) is 0.245. The molecule has 3 atom stereocenters. The molecule has 0 aliphatic carbocycles. The first-order valence-electron chi connectivity index (χ1n) is 11.2. The van der Waals surface area contributed by atoms with Gasteiger partial charge in [0.2, 0.25) is 11.6 Å². The zero-order chi connectivity index (χ0) is 28.4. The standard InChI is InChI=1S/C26H18BrClF3N3O3S2/c27-14-7-9-15(10-8-14)33-20(35)13-39-24-17(12-32)21(16-4-1-2-5-18(16)28)22(23(36)19-6-3-11-38-19)25(37,34-24)26(29,30)31/h1-11,21-22,34,37H,13H2,(H,33,35)/t21-,22-,25+/m0/s1. The van der Waals surface area contributed by atoms with Gasteiger partial charge in [0.25, 0.3) is 0 Å². The van der Waals surface area contributed by atoms with E-state index >= 15 is 0 Å². The lowest BCUT2D eigenvalue weighted by Gasteiger charge is -2.45. The first-order valence-corrected chi connectivity index (χ1v) is 14.2. The summed E-state index contributed by atoms with van der Waals surface area (Å²) in [6, 6.07) is 17.3. The van der Waals surface area contributed by atoms with Crippen LogP contribution in [0.4, 0.5) is 18.9 Å². The summed E-state index contributed by atoms with van der Waals surface area (Å²) in [5.74, 6) is -5.71. The Morgan fingerprint density at radius 2 is 1.87 bits per heavy atom. The zero-order valence-electron chi connectivity index (χ0n) is 19.6. The maximum Gasteiger partial charge on any atom is 0.437 e. The maximum absolute atomic E-state index is 14.6. The number of thiophene rings is 1.